The molecule has 3 nitrogen and oxygen atoms in total. The maximum atomic E-state index is 11.9. The SMILES string of the molecule is FC(F)(F)CONCc1cccc2c1NCCC2. The van der Waals surface area contributed by atoms with Crippen LogP contribution in [0.3, 0.4) is 0 Å². The Morgan fingerprint density at radius 3 is 2.94 bits per heavy atom. The standard InChI is InChI=1S/C12H15F3N2O/c13-12(14,15)8-18-17-7-10-4-1-3-9-5-2-6-16-11(9)10/h1,3-4,16-17H,2,5-8H2. The van der Waals surface area contributed by atoms with Crippen molar-refractivity contribution in [2.45, 2.75) is 25.6 Å². The van der Waals surface area contributed by atoms with E-state index in [9.17, 15) is 13.2 Å². The molecular formula is C12H15F3N2O. The second-order valence-corrected chi connectivity index (χ2v) is 4.21. The van der Waals surface area contributed by atoms with Crippen LogP contribution >= 0.6 is 0 Å². The number of benzene rings is 1. The van der Waals surface area contributed by atoms with E-state index in [1.165, 1.54) is 5.56 Å². The molecule has 0 fully saturated rings. The van der Waals surface area contributed by atoms with Crippen LogP contribution in [0.4, 0.5) is 18.9 Å². The van der Waals surface area contributed by atoms with Crippen molar-refractivity contribution in [2.24, 2.45) is 0 Å². The highest BCUT2D eigenvalue weighted by Gasteiger charge is 2.27. The van der Waals surface area contributed by atoms with Gasteiger partial charge in [0.25, 0.3) is 0 Å². The fraction of sp³-hybridized carbons (Fsp3) is 0.500. The lowest BCUT2D eigenvalue weighted by Gasteiger charge is -2.21. The number of nitrogens with one attached hydrogen (secondary N) is 2. The first-order chi connectivity index (χ1) is 8.56. The summed E-state index contributed by atoms with van der Waals surface area (Å²) in [5, 5.41) is 3.27. The summed E-state index contributed by atoms with van der Waals surface area (Å²) < 4.78 is 35.6. The number of anilines is 1. The van der Waals surface area contributed by atoms with Crippen LogP contribution in [0.1, 0.15) is 17.5 Å². The summed E-state index contributed by atoms with van der Waals surface area (Å²) in [6, 6.07) is 5.81. The third kappa shape index (κ3) is 3.61. The zero-order valence-corrected chi connectivity index (χ0v) is 9.81. The smallest absolute Gasteiger partial charge is 0.385 e. The van der Waals surface area contributed by atoms with Crippen molar-refractivity contribution in [3.8, 4) is 0 Å². The van der Waals surface area contributed by atoms with E-state index in [4.69, 9.17) is 0 Å². The van der Waals surface area contributed by atoms with Crippen LogP contribution in [0.15, 0.2) is 18.2 Å². The Kier molecular flexibility index (Phi) is 4.08. The molecule has 0 unspecified atom stereocenters. The Morgan fingerprint density at radius 2 is 2.17 bits per heavy atom. The minimum atomic E-state index is -4.30. The van der Waals surface area contributed by atoms with Gasteiger partial charge in [-0.25, -0.2) is 0 Å². The Bertz CT molecular complexity index is 407. The van der Waals surface area contributed by atoms with Gasteiger partial charge in [0.1, 0.15) is 0 Å². The number of hydrogen-bond acceptors (Lipinski definition) is 3. The first kappa shape index (κ1) is 13.2. The monoisotopic (exact) mass is 260 g/mol. The third-order valence-electron chi connectivity index (χ3n) is 2.76. The number of hydrogen-bond donors (Lipinski definition) is 2. The van der Waals surface area contributed by atoms with E-state index < -0.39 is 12.8 Å². The van der Waals surface area contributed by atoms with Crippen LogP contribution in [0.5, 0.6) is 0 Å². The lowest BCUT2D eigenvalue weighted by Crippen LogP contribution is -2.25. The van der Waals surface area contributed by atoms with E-state index in [0.717, 1.165) is 30.6 Å². The molecule has 0 bridgehead atoms. The number of alkyl halides is 3. The van der Waals surface area contributed by atoms with Gasteiger partial charge in [-0.1, -0.05) is 18.2 Å². The lowest BCUT2D eigenvalue weighted by atomic mass is 9.99. The molecule has 0 saturated carbocycles. The number of halogens is 3. The molecule has 0 saturated heterocycles. The molecule has 1 heterocycles. The van der Waals surface area contributed by atoms with E-state index >= 15 is 0 Å². The third-order valence-corrected chi connectivity index (χ3v) is 2.76. The van der Waals surface area contributed by atoms with Crippen LogP contribution in [0.2, 0.25) is 0 Å². The van der Waals surface area contributed by atoms with Crippen molar-refractivity contribution in [1.82, 2.24) is 5.48 Å². The molecule has 0 radical (unpaired) electrons. The maximum absolute atomic E-state index is 11.9. The minimum absolute atomic E-state index is 0.256. The highest BCUT2D eigenvalue weighted by atomic mass is 19.4. The van der Waals surface area contributed by atoms with Crippen molar-refractivity contribution in [3.05, 3.63) is 29.3 Å². The van der Waals surface area contributed by atoms with Gasteiger partial charge in [-0.2, -0.15) is 18.7 Å². The molecule has 18 heavy (non-hydrogen) atoms. The quantitative estimate of drug-likeness (QED) is 0.645. The van der Waals surface area contributed by atoms with Gasteiger partial charge < -0.3 is 5.32 Å². The Labute approximate surface area is 103 Å². The highest BCUT2D eigenvalue weighted by molar-refractivity contribution is 5.59. The summed E-state index contributed by atoms with van der Waals surface area (Å²) in [6.45, 7) is -0.130. The van der Waals surface area contributed by atoms with Crippen LogP contribution < -0.4 is 10.8 Å². The summed E-state index contributed by atoms with van der Waals surface area (Å²) in [7, 11) is 0. The van der Waals surface area contributed by atoms with Crippen LogP contribution in [-0.2, 0) is 17.8 Å². The lowest BCUT2D eigenvalue weighted by molar-refractivity contribution is -0.190. The molecule has 0 spiro atoms. The zero-order chi connectivity index (χ0) is 13.0. The molecule has 0 amide bonds. The molecule has 2 N–H and O–H groups in total. The van der Waals surface area contributed by atoms with E-state index in [1.807, 2.05) is 18.2 Å². The van der Waals surface area contributed by atoms with Gasteiger partial charge in [-0.15, -0.1) is 0 Å². The number of aryl methyl sites for hydroxylation is 1. The number of rotatable bonds is 4. The predicted molar refractivity (Wildman–Crippen MR) is 62.1 cm³/mol. The van der Waals surface area contributed by atoms with Crippen LogP contribution in [-0.4, -0.2) is 19.3 Å². The summed E-state index contributed by atoms with van der Waals surface area (Å²) in [4.78, 5) is 4.39. The summed E-state index contributed by atoms with van der Waals surface area (Å²) >= 11 is 0. The average molecular weight is 260 g/mol. The Balaban J connectivity index is 1.90. The van der Waals surface area contributed by atoms with E-state index in [2.05, 4.69) is 15.6 Å². The number of fused-ring (bicyclic) bond motifs is 1. The summed E-state index contributed by atoms with van der Waals surface area (Å²) in [5.74, 6) is 0. The molecule has 0 aliphatic carbocycles. The predicted octanol–water partition coefficient (Wildman–Crippen LogP) is 2.63. The summed E-state index contributed by atoms with van der Waals surface area (Å²) in [5.41, 5.74) is 5.50. The molecule has 0 aromatic heterocycles. The largest absolute Gasteiger partial charge is 0.413 e. The molecule has 0 atom stereocenters. The van der Waals surface area contributed by atoms with Gasteiger partial charge >= 0.3 is 6.18 Å². The topological polar surface area (TPSA) is 33.3 Å². The first-order valence-corrected chi connectivity index (χ1v) is 5.82. The molecule has 2 rings (SSSR count). The van der Waals surface area contributed by atoms with Crippen LogP contribution in [0.25, 0.3) is 0 Å². The molecule has 6 heteroatoms. The van der Waals surface area contributed by atoms with Gasteiger partial charge in [0, 0.05) is 18.8 Å². The van der Waals surface area contributed by atoms with Gasteiger partial charge in [0.2, 0.25) is 0 Å². The molecule has 1 aromatic rings. The fourth-order valence-electron chi connectivity index (χ4n) is 1.99. The van der Waals surface area contributed by atoms with E-state index in [0.29, 0.717) is 0 Å². The fourth-order valence-corrected chi connectivity index (χ4v) is 1.99. The first-order valence-electron chi connectivity index (χ1n) is 5.82. The van der Waals surface area contributed by atoms with Gasteiger partial charge in [0.15, 0.2) is 6.61 Å². The van der Waals surface area contributed by atoms with Crippen molar-refractivity contribution < 1.29 is 18.0 Å². The maximum Gasteiger partial charge on any atom is 0.413 e. The molecule has 1 aliphatic heterocycles. The molecule has 1 aliphatic rings. The second-order valence-electron chi connectivity index (χ2n) is 4.21. The van der Waals surface area contributed by atoms with Gasteiger partial charge in [-0.3, -0.25) is 4.84 Å². The number of hydroxylamine groups is 1. The highest BCUT2D eigenvalue weighted by Crippen LogP contribution is 2.25. The Morgan fingerprint density at radius 1 is 1.33 bits per heavy atom. The van der Waals surface area contributed by atoms with Gasteiger partial charge in [0.05, 0.1) is 0 Å². The van der Waals surface area contributed by atoms with Crippen molar-refractivity contribution in [3.63, 3.8) is 0 Å². The van der Waals surface area contributed by atoms with Gasteiger partial charge in [-0.05, 0) is 24.0 Å². The van der Waals surface area contributed by atoms with E-state index in [-0.39, 0.29) is 6.54 Å². The number of para-hydroxylation sites is 1. The zero-order valence-electron chi connectivity index (χ0n) is 9.81. The summed E-state index contributed by atoms with van der Waals surface area (Å²) in [6.07, 6.45) is -2.23. The van der Waals surface area contributed by atoms with Crippen molar-refractivity contribution in [1.29, 1.82) is 0 Å². The average Bonchev–Trinajstić information content (AvgIpc) is 2.33. The molecule has 100 valence electrons. The second kappa shape index (κ2) is 5.58. The Hall–Kier alpha value is -1.27. The normalized spacial score (nSPS) is 15.1. The van der Waals surface area contributed by atoms with Crippen LogP contribution in [0, 0.1) is 0 Å². The molecular weight excluding hydrogens is 245 g/mol. The minimum Gasteiger partial charge on any atom is -0.385 e. The molecule has 1 aromatic carbocycles. The van der Waals surface area contributed by atoms with E-state index in [1.54, 1.807) is 0 Å². The van der Waals surface area contributed by atoms with Crippen molar-refractivity contribution >= 4 is 5.69 Å². The van der Waals surface area contributed by atoms with Crippen molar-refractivity contribution in [2.75, 3.05) is 18.5 Å².